The Bertz CT molecular complexity index is 1460. The number of likely N-dealkylation sites (N-methyl/N-ethyl adjacent to an activating group) is 1. The van der Waals surface area contributed by atoms with Crippen LogP contribution in [-0.4, -0.2) is 109 Å². The van der Waals surface area contributed by atoms with Crippen molar-refractivity contribution >= 4 is 18.0 Å². The maximum Gasteiger partial charge on any atom is 0.308 e. The maximum atomic E-state index is 14.1. The molecule has 0 saturated carbocycles. The summed E-state index contributed by atoms with van der Waals surface area (Å²) in [6.07, 6.45) is -0.919. The van der Waals surface area contributed by atoms with Gasteiger partial charge in [-0.05, 0) is 70.5 Å². The predicted octanol–water partition coefficient (Wildman–Crippen LogP) is 4.79. The van der Waals surface area contributed by atoms with Crippen LogP contribution in [0.15, 0.2) is 48.1 Å². The zero-order valence-electron chi connectivity index (χ0n) is 32.0. The number of esters is 1. The molecular weight excluding hydrogens is 688 g/mol. The molecule has 2 N–H and O–H groups in total. The normalized spacial score (nSPS) is 35.1. The van der Waals surface area contributed by atoms with Crippen LogP contribution in [0, 0.1) is 41.3 Å². The van der Waals surface area contributed by atoms with Gasteiger partial charge in [0.25, 0.3) is 0 Å². The molecule has 1 aromatic carbocycles. The van der Waals surface area contributed by atoms with Gasteiger partial charge in [0.1, 0.15) is 37.0 Å². The molecule has 1 fully saturated rings. The zero-order chi connectivity index (χ0) is 39.2. The monoisotopic (exact) mass is 745 g/mol. The Kier molecular flexibility index (Phi) is 17.9. The molecule has 12 atom stereocenters. The molecule has 0 aliphatic carbocycles. The minimum atomic E-state index is -1.31. The smallest absolute Gasteiger partial charge is 0.308 e. The largest absolute Gasteiger partial charge is 0.462 e. The van der Waals surface area contributed by atoms with Crippen molar-refractivity contribution in [1.82, 2.24) is 4.90 Å². The van der Waals surface area contributed by atoms with Crippen LogP contribution in [0.3, 0.4) is 0 Å². The minimum Gasteiger partial charge on any atom is -0.462 e. The highest BCUT2D eigenvalue weighted by Crippen LogP contribution is 2.35. The molecule has 0 unspecified atom stereocenters. The van der Waals surface area contributed by atoms with Gasteiger partial charge >= 0.3 is 5.97 Å². The number of aldehydes is 1. The van der Waals surface area contributed by atoms with Gasteiger partial charge < -0.3 is 38.9 Å². The number of ether oxygens (including phenoxy) is 4. The van der Waals surface area contributed by atoms with E-state index in [0.29, 0.717) is 18.4 Å². The van der Waals surface area contributed by atoms with Crippen LogP contribution in [0.5, 0.6) is 0 Å². The first-order chi connectivity index (χ1) is 25.2. The van der Waals surface area contributed by atoms with Gasteiger partial charge in [-0.2, -0.15) is 0 Å². The molecule has 10 nitrogen and oxygen atoms in total. The Balaban J connectivity index is 1.88. The highest BCUT2D eigenvalue weighted by molar-refractivity contribution is 5.91. The summed E-state index contributed by atoms with van der Waals surface area (Å²) in [4.78, 5) is 40.2. The lowest BCUT2D eigenvalue weighted by Gasteiger charge is -2.47. The van der Waals surface area contributed by atoms with Crippen molar-refractivity contribution in [2.75, 3.05) is 27.4 Å². The summed E-state index contributed by atoms with van der Waals surface area (Å²) in [7, 11) is 3.57. The summed E-state index contributed by atoms with van der Waals surface area (Å²) in [5.41, 5.74) is 1.49. The van der Waals surface area contributed by atoms with Gasteiger partial charge in [-0.1, -0.05) is 62.5 Å². The number of allylic oxidation sites excluding steroid dienone is 3. The van der Waals surface area contributed by atoms with Crippen LogP contribution in [-0.2, 0) is 39.8 Å². The number of cyclic esters (lactones) is 1. The fraction of sp³-hybridized carbons (Fsp3) is 0.634. The molecular formula is C41H57F2NO9. The lowest BCUT2D eigenvalue weighted by molar-refractivity contribution is -0.307. The van der Waals surface area contributed by atoms with E-state index in [0.717, 1.165) is 11.8 Å². The van der Waals surface area contributed by atoms with Crippen molar-refractivity contribution in [1.29, 1.82) is 0 Å². The molecule has 0 spiro atoms. The molecule has 0 aromatic heterocycles. The van der Waals surface area contributed by atoms with Gasteiger partial charge in [0, 0.05) is 30.6 Å². The molecule has 53 heavy (non-hydrogen) atoms. The van der Waals surface area contributed by atoms with Crippen molar-refractivity contribution in [2.45, 2.75) is 116 Å². The first kappa shape index (κ1) is 44.1. The third-order valence-corrected chi connectivity index (χ3v) is 10.2. The van der Waals surface area contributed by atoms with Gasteiger partial charge in [-0.3, -0.25) is 14.0 Å². The summed E-state index contributed by atoms with van der Waals surface area (Å²) in [5.74, 6) is 2.02. The van der Waals surface area contributed by atoms with Gasteiger partial charge in [0.2, 0.25) is 0 Å². The van der Waals surface area contributed by atoms with Crippen molar-refractivity contribution < 1.29 is 52.3 Å². The number of hydrogen-bond donors (Lipinski definition) is 2. The Labute approximate surface area is 312 Å². The second kappa shape index (κ2) is 21.5. The van der Waals surface area contributed by atoms with E-state index in [2.05, 4.69) is 11.8 Å². The first-order valence-corrected chi connectivity index (χ1v) is 18.4. The van der Waals surface area contributed by atoms with Crippen LogP contribution in [0.2, 0.25) is 0 Å². The number of nitrogens with zero attached hydrogens (tertiary/aromatic N) is 1. The lowest BCUT2D eigenvalue weighted by atomic mass is 9.79. The second-order valence-electron chi connectivity index (χ2n) is 14.5. The van der Waals surface area contributed by atoms with Gasteiger partial charge in [0.15, 0.2) is 12.1 Å². The summed E-state index contributed by atoms with van der Waals surface area (Å²) >= 11 is 0. The quantitative estimate of drug-likeness (QED) is 0.196. The predicted molar refractivity (Wildman–Crippen MR) is 196 cm³/mol. The molecule has 3 rings (SSSR count). The van der Waals surface area contributed by atoms with Gasteiger partial charge in [-0.15, -0.1) is 0 Å². The maximum absolute atomic E-state index is 14.1. The van der Waals surface area contributed by atoms with E-state index < -0.39 is 91.7 Å². The molecule has 0 radical (unpaired) electrons. The number of benzene rings is 1. The SMILES string of the molecule is CC[C@H]1OC(=O)C[C@@H](O)[C@H](C)[C@@H](O[C@@H]2O[C@H](C)[C@@H](OCC#CCc3ccc(F)cc3)[C@H](N(C)C)[C@H]2O)[C@@H](CC=O)C[C@@H](C)C(=O)/C=C/C(C)=C/[C@@H]1CF. The van der Waals surface area contributed by atoms with Crippen molar-refractivity contribution in [3.63, 3.8) is 0 Å². The summed E-state index contributed by atoms with van der Waals surface area (Å²) in [5, 5.41) is 23.1. The van der Waals surface area contributed by atoms with E-state index >= 15 is 0 Å². The first-order valence-electron chi connectivity index (χ1n) is 18.4. The number of alkyl halides is 1. The number of aliphatic hydroxyl groups is 2. The Morgan fingerprint density at radius 1 is 1.06 bits per heavy atom. The van der Waals surface area contributed by atoms with Crippen molar-refractivity contribution in [2.24, 2.45) is 23.7 Å². The third kappa shape index (κ3) is 12.9. The minimum absolute atomic E-state index is 0.0274. The molecule has 294 valence electrons. The number of halogens is 2. The Morgan fingerprint density at radius 3 is 2.38 bits per heavy atom. The summed E-state index contributed by atoms with van der Waals surface area (Å²) < 4.78 is 51.9. The molecule has 2 aliphatic rings. The lowest BCUT2D eigenvalue weighted by Crippen LogP contribution is -2.64. The van der Waals surface area contributed by atoms with E-state index in [1.54, 1.807) is 77.9 Å². The molecule has 0 bridgehead atoms. The number of hydrogen-bond acceptors (Lipinski definition) is 10. The number of aliphatic hydroxyl groups excluding tert-OH is 2. The molecule has 2 heterocycles. The molecule has 0 amide bonds. The number of carbonyl (C=O) groups excluding carboxylic acids is 3. The third-order valence-electron chi connectivity index (χ3n) is 10.2. The summed E-state index contributed by atoms with van der Waals surface area (Å²) in [6.45, 7) is 7.96. The van der Waals surface area contributed by atoms with E-state index in [-0.39, 0.29) is 31.0 Å². The van der Waals surface area contributed by atoms with Crippen LogP contribution in [0.1, 0.15) is 65.9 Å². The van der Waals surface area contributed by atoms with E-state index in [4.69, 9.17) is 18.9 Å². The topological polar surface area (TPSA) is 132 Å². The van der Waals surface area contributed by atoms with Crippen LogP contribution in [0.25, 0.3) is 0 Å². The van der Waals surface area contributed by atoms with Crippen molar-refractivity contribution in [3.05, 3.63) is 59.4 Å². The van der Waals surface area contributed by atoms with E-state index in [9.17, 15) is 33.4 Å². The van der Waals surface area contributed by atoms with Crippen LogP contribution < -0.4 is 0 Å². The number of carbonyl (C=O) groups is 3. The Hall–Kier alpha value is -3.31. The summed E-state index contributed by atoms with van der Waals surface area (Å²) in [6, 6.07) is 5.46. The zero-order valence-corrected chi connectivity index (χ0v) is 32.0. The molecule has 2 aliphatic heterocycles. The Morgan fingerprint density at radius 2 is 1.75 bits per heavy atom. The highest BCUT2D eigenvalue weighted by atomic mass is 19.1. The van der Waals surface area contributed by atoms with Crippen LogP contribution >= 0.6 is 0 Å². The molecule has 1 saturated heterocycles. The average Bonchev–Trinajstić information content (AvgIpc) is 3.12. The standard InChI is InChI=1S/C41H57F2NO9/c1-8-35-31(24-42)21-25(2)12-17-33(46)26(3)22-30(18-19-45)39(27(4)34(47)23-36(48)52-35)53-41-38(49)37(44(6)7)40(28(5)51-41)50-20-10-9-11-29-13-15-32(43)16-14-29/h12-17,19,21,26-28,30-31,34-35,37-41,47,49H,8,11,18,20,22-24H2,1-7H3/b17-12+,25-21+/t26-,27+,28-,30+,31-,34-,35-,37-,38-,39-,40-,41+/m1/s1. The average molecular weight is 746 g/mol. The highest BCUT2D eigenvalue weighted by Gasteiger charge is 2.48. The number of ketones is 1. The molecule has 12 heteroatoms. The van der Waals surface area contributed by atoms with E-state index in [1.807, 2.05) is 0 Å². The second-order valence-corrected chi connectivity index (χ2v) is 14.5. The van der Waals surface area contributed by atoms with E-state index in [1.165, 1.54) is 18.2 Å². The fourth-order valence-corrected chi connectivity index (χ4v) is 7.07. The number of rotatable bonds is 10. The van der Waals surface area contributed by atoms with Gasteiger partial charge in [0.05, 0.1) is 37.4 Å². The van der Waals surface area contributed by atoms with Gasteiger partial charge in [-0.25, -0.2) is 4.39 Å². The molecule has 1 aromatic rings. The van der Waals surface area contributed by atoms with Crippen LogP contribution in [0.4, 0.5) is 8.78 Å². The van der Waals surface area contributed by atoms with Crippen molar-refractivity contribution in [3.8, 4) is 11.8 Å². The fourth-order valence-electron chi connectivity index (χ4n) is 7.07.